The molecule has 1 saturated heterocycles. The van der Waals surface area contributed by atoms with E-state index >= 15 is 0 Å². The van der Waals surface area contributed by atoms with Gasteiger partial charge in [0.05, 0.1) is 12.8 Å². The number of nitrogens with one attached hydrogen (secondary N) is 1. The van der Waals surface area contributed by atoms with E-state index < -0.39 is 0 Å². The molecule has 0 amide bonds. The molecule has 1 aromatic carbocycles. The van der Waals surface area contributed by atoms with Crippen molar-refractivity contribution in [1.82, 2.24) is 10.2 Å². The zero-order valence-electron chi connectivity index (χ0n) is 18.1. The molecule has 1 N–H and O–H groups in total. The summed E-state index contributed by atoms with van der Waals surface area (Å²) in [7, 11) is 0. The molecular weight excluding hydrogens is 346 g/mol. The molecule has 1 aliphatic carbocycles. The average molecular weight is 386 g/mol. The number of anilines is 1. The van der Waals surface area contributed by atoms with E-state index in [1.54, 1.807) is 0 Å². The van der Waals surface area contributed by atoms with Crippen LogP contribution in [0.1, 0.15) is 59.3 Å². The monoisotopic (exact) mass is 385 g/mol. The van der Waals surface area contributed by atoms with Crippen LogP contribution in [0.15, 0.2) is 36.0 Å². The molecule has 1 aliphatic heterocycles. The second kappa shape index (κ2) is 10.8. The lowest BCUT2D eigenvalue weighted by Gasteiger charge is -2.41. The molecule has 0 bridgehead atoms. The Bertz CT molecular complexity index is 620. The lowest BCUT2D eigenvalue weighted by Crippen LogP contribution is -2.54. The quantitative estimate of drug-likeness (QED) is 0.646. The first-order chi connectivity index (χ1) is 13.7. The smallest absolute Gasteiger partial charge is 0.121 e. The van der Waals surface area contributed by atoms with Gasteiger partial charge in [-0.1, -0.05) is 26.0 Å². The minimum absolute atomic E-state index is 0.476. The summed E-state index contributed by atoms with van der Waals surface area (Å²) in [5.41, 5.74) is 2.76. The number of piperazine rings is 1. The highest BCUT2D eigenvalue weighted by Crippen LogP contribution is 2.24. The lowest BCUT2D eigenvalue weighted by molar-refractivity contribution is 0.148. The zero-order chi connectivity index (χ0) is 19.8. The largest absolute Gasteiger partial charge is 0.494 e. The first-order valence-corrected chi connectivity index (χ1v) is 11.3. The highest BCUT2D eigenvalue weighted by Gasteiger charge is 2.25. The average Bonchev–Trinajstić information content (AvgIpc) is 2.72. The van der Waals surface area contributed by atoms with Crippen LogP contribution in [0, 0.1) is 5.92 Å². The van der Waals surface area contributed by atoms with Crippen molar-refractivity contribution in [2.45, 2.75) is 65.5 Å². The first kappa shape index (κ1) is 21.0. The van der Waals surface area contributed by atoms with Gasteiger partial charge in [-0.05, 0) is 63.5 Å². The summed E-state index contributed by atoms with van der Waals surface area (Å²) in [6.45, 7) is 11.8. The van der Waals surface area contributed by atoms with E-state index in [0.29, 0.717) is 6.17 Å². The fraction of sp³-hybridized carbons (Fsp3) is 0.667. The highest BCUT2D eigenvalue weighted by atomic mass is 16.5. The molecule has 4 heteroatoms. The summed E-state index contributed by atoms with van der Waals surface area (Å²) in [6, 6.07) is 8.54. The number of hydrogen-bond acceptors (Lipinski definition) is 4. The Morgan fingerprint density at radius 1 is 1.07 bits per heavy atom. The van der Waals surface area contributed by atoms with Gasteiger partial charge >= 0.3 is 0 Å². The summed E-state index contributed by atoms with van der Waals surface area (Å²) >= 11 is 0. The lowest BCUT2D eigenvalue weighted by atomic mass is 10.0. The molecular formula is C24H39N3O. The Balaban J connectivity index is 1.59. The van der Waals surface area contributed by atoms with Crippen molar-refractivity contribution in [1.29, 1.82) is 0 Å². The molecule has 4 nitrogen and oxygen atoms in total. The van der Waals surface area contributed by atoms with Crippen LogP contribution in [0.5, 0.6) is 5.75 Å². The molecule has 156 valence electrons. The third-order valence-electron chi connectivity index (χ3n) is 5.91. The molecule has 3 rings (SSSR count). The zero-order valence-corrected chi connectivity index (χ0v) is 18.1. The fourth-order valence-corrected chi connectivity index (χ4v) is 4.25. The van der Waals surface area contributed by atoms with Gasteiger partial charge in [-0.3, -0.25) is 4.90 Å². The molecule has 0 aromatic heterocycles. The molecule has 28 heavy (non-hydrogen) atoms. The number of rotatable bonds is 9. The minimum atomic E-state index is 0.476. The maximum absolute atomic E-state index is 5.68. The van der Waals surface area contributed by atoms with Gasteiger partial charge < -0.3 is 15.0 Å². The second-order valence-corrected chi connectivity index (χ2v) is 8.56. The van der Waals surface area contributed by atoms with E-state index in [2.05, 4.69) is 53.2 Å². The van der Waals surface area contributed by atoms with Crippen molar-refractivity contribution < 1.29 is 4.74 Å². The van der Waals surface area contributed by atoms with Crippen molar-refractivity contribution >= 4 is 5.69 Å². The summed E-state index contributed by atoms with van der Waals surface area (Å²) in [4.78, 5) is 5.17. The molecule has 0 saturated carbocycles. The maximum Gasteiger partial charge on any atom is 0.121 e. The SMILES string of the molecule is CCOc1cccc(N2CCN(C(CCC(C)C)NC3=CCCCC3)CC2)c1. The third-order valence-corrected chi connectivity index (χ3v) is 5.91. The van der Waals surface area contributed by atoms with Gasteiger partial charge in [0.25, 0.3) is 0 Å². The van der Waals surface area contributed by atoms with Crippen LogP contribution >= 0.6 is 0 Å². The second-order valence-electron chi connectivity index (χ2n) is 8.56. The predicted molar refractivity (Wildman–Crippen MR) is 119 cm³/mol. The molecule has 2 aliphatic rings. The number of ether oxygens (including phenoxy) is 1. The molecule has 1 atom stereocenters. The Morgan fingerprint density at radius 2 is 1.89 bits per heavy atom. The van der Waals surface area contributed by atoms with Gasteiger partial charge in [0, 0.05) is 43.6 Å². The van der Waals surface area contributed by atoms with Gasteiger partial charge in [0.15, 0.2) is 0 Å². The van der Waals surface area contributed by atoms with Gasteiger partial charge in [0.1, 0.15) is 5.75 Å². The topological polar surface area (TPSA) is 27.7 Å². The third kappa shape index (κ3) is 6.16. The molecule has 1 aromatic rings. The standard InChI is InChI=1S/C24H39N3O/c1-4-28-23-12-8-11-22(19-23)26-15-17-27(18-16-26)24(14-13-20(2)3)25-21-9-6-5-7-10-21/h8-9,11-12,19-20,24-25H,4-7,10,13-18H2,1-3H3. The van der Waals surface area contributed by atoms with E-state index in [4.69, 9.17) is 4.74 Å². The van der Waals surface area contributed by atoms with E-state index in [1.807, 2.05) is 13.0 Å². The molecule has 0 spiro atoms. The van der Waals surface area contributed by atoms with Crippen LogP contribution in [0.25, 0.3) is 0 Å². The Kier molecular flexibility index (Phi) is 8.08. The highest BCUT2D eigenvalue weighted by molar-refractivity contribution is 5.51. The van der Waals surface area contributed by atoms with Crippen molar-refractivity contribution in [2.75, 3.05) is 37.7 Å². The Hall–Kier alpha value is -1.68. The summed E-state index contributed by atoms with van der Waals surface area (Å²) in [5.74, 6) is 1.73. The van der Waals surface area contributed by atoms with Crippen LogP contribution in [-0.4, -0.2) is 43.9 Å². The minimum Gasteiger partial charge on any atom is -0.494 e. The van der Waals surface area contributed by atoms with E-state index in [1.165, 1.54) is 49.9 Å². The van der Waals surface area contributed by atoms with Crippen molar-refractivity contribution in [3.63, 3.8) is 0 Å². The Morgan fingerprint density at radius 3 is 2.57 bits per heavy atom. The van der Waals surface area contributed by atoms with Crippen molar-refractivity contribution in [3.8, 4) is 5.75 Å². The fourth-order valence-electron chi connectivity index (χ4n) is 4.25. The van der Waals surface area contributed by atoms with Crippen LogP contribution in [0.4, 0.5) is 5.69 Å². The van der Waals surface area contributed by atoms with Crippen molar-refractivity contribution in [2.24, 2.45) is 5.92 Å². The van der Waals surface area contributed by atoms with Crippen LogP contribution in [0.2, 0.25) is 0 Å². The van der Waals surface area contributed by atoms with Gasteiger partial charge in [-0.25, -0.2) is 0 Å². The number of hydrogen-bond donors (Lipinski definition) is 1. The van der Waals surface area contributed by atoms with Gasteiger partial charge in [0.2, 0.25) is 0 Å². The van der Waals surface area contributed by atoms with Crippen LogP contribution < -0.4 is 15.0 Å². The number of allylic oxidation sites excluding steroid dienone is 2. The van der Waals surface area contributed by atoms with Gasteiger partial charge in [-0.2, -0.15) is 0 Å². The summed E-state index contributed by atoms with van der Waals surface area (Å²) in [5, 5.41) is 3.91. The maximum atomic E-state index is 5.68. The normalized spacial score (nSPS) is 19.4. The predicted octanol–water partition coefficient (Wildman–Crippen LogP) is 5.02. The molecule has 0 radical (unpaired) electrons. The van der Waals surface area contributed by atoms with Crippen LogP contribution in [-0.2, 0) is 0 Å². The molecule has 1 fully saturated rings. The van der Waals surface area contributed by atoms with E-state index in [0.717, 1.165) is 44.5 Å². The van der Waals surface area contributed by atoms with E-state index in [-0.39, 0.29) is 0 Å². The summed E-state index contributed by atoms with van der Waals surface area (Å²) in [6.07, 6.45) is 10.6. The first-order valence-electron chi connectivity index (χ1n) is 11.3. The van der Waals surface area contributed by atoms with Gasteiger partial charge in [-0.15, -0.1) is 0 Å². The van der Waals surface area contributed by atoms with Crippen LogP contribution in [0.3, 0.4) is 0 Å². The number of benzene rings is 1. The summed E-state index contributed by atoms with van der Waals surface area (Å²) < 4.78 is 5.68. The van der Waals surface area contributed by atoms with E-state index in [9.17, 15) is 0 Å². The molecule has 1 heterocycles. The Labute approximate surface area is 171 Å². The number of nitrogens with zero attached hydrogens (tertiary/aromatic N) is 2. The molecule has 1 unspecified atom stereocenters. The van der Waals surface area contributed by atoms with Crippen molar-refractivity contribution in [3.05, 3.63) is 36.0 Å².